The summed E-state index contributed by atoms with van der Waals surface area (Å²) in [7, 11) is 1.37. The minimum atomic E-state index is -1.17. The Morgan fingerprint density at radius 3 is 2.50 bits per heavy atom. The van der Waals surface area contributed by atoms with Crippen LogP contribution in [0.5, 0.6) is 5.75 Å². The summed E-state index contributed by atoms with van der Waals surface area (Å²) < 4.78 is 5.07. The quantitative estimate of drug-likeness (QED) is 0.631. The van der Waals surface area contributed by atoms with E-state index in [1.54, 1.807) is 0 Å². The number of carbonyl (C=O) groups excluding carboxylic acids is 1. The number of nitro groups is 1. The fourth-order valence-corrected chi connectivity index (χ4v) is 2.19. The molecule has 124 valence electrons. The van der Waals surface area contributed by atoms with Gasteiger partial charge in [-0.25, -0.2) is 4.79 Å². The van der Waals surface area contributed by atoms with E-state index in [9.17, 15) is 19.7 Å². The third kappa shape index (κ3) is 3.61. The monoisotopic (exact) mass is 350 g/mol. The number of amides is 1. The Kier molecular flexibility index (Phi) is 5.00. The van der Waals surface area contributed by atoms with Crippen LogP contribution in [-0.4, -0.2) is 29.0 Å². The Balaban J connectivity index is 2.34. The zero-order valence-electron chi connectivity index (χ0n) is 12.3. The van der Waals surface area contributed by atoms with E-state index < -0.39 is 16.8 Å². The first-order chi connectivity index (χ1) is 11.3. The molecule has 9 heteroatoms. The molecular weight excluding hydrogens is 340 g/mol. The minimum Gasteiger partial charge on any atom is -0.495 e. The lowest BCUT2D eigenvalue weighted by molar-refractivity contribution is -0.384. The highest BCUT2D eigenvalue weighted by Crippen LogP contribution is 2.28. The molecule has 2 aromatic carbocycles. The second-order valence-corrected chi connectivity index (χ2v) is 5.00. The molecule has 0 unspecified atom stereocenters. The number of nitrogens with zero attached hydrogens (tertiary/aromatic N) is 1. The van der Waals surface area contributed by atoms with Gasteiger partial charge in [-0.2, -0.15) is 0 Å². The van der Waals surface area contributed by atoms with Crippen LogP contribution in [-0.2, 0) is 0 Å². The number of carboxylic acids is 1. The van der Waals surface area contributed by atoms with E-state index in [4.69, 9.17) is 21.4 Å². The lowest BCUT2D eigenvalue weighted by Crippen LogP contribution is -2.14. The van der Waals surface area contributed by atoms with Gasteiger partial charge in [-0.05, 0) is 24.3 Å². The van der Waals surface area contributed by atoms with Gasteiger partial charge in [-0.3, -0.25) is 14.9 Å². The molecule has 0 aromatic heterocycles. The van der Waals surface area contributed by atoms with E-state index in [-0.39, 0.29) is 33.3 Å². The average Bonchev–Trinajstić information content (AvgIpc) is 2.54. The van der Waals surface area contributed by atoms with Crippen molar-refractivity contribution < 1.29 is 24.4 Å². The molecular formula is C15H11ClN2O6. The number of aromatic carboxylic acids is 1. The third-order valence-corrected chi connectivity index (χ3v) is 3.42. The lowest BCUT2D eigenvalue weighted by atomic mass is 10.1. The van der Waals surface area contributed by atoms with Gasteiger partial charge in [0.25, 0.3) is 11.6 Å². The number of carboxylic acid groups (broad SMARTS) is 1. The first kappa shape index (κ1) is 17.2. The number of nitrogens with one attached hydrogen (secondary N) is 1. The first-order valence-electron chi connectivity index (χ1n) is 6.50. The van der Waals surface area contributed by atoms with E-state index in [0.717, 1.165) is 12.1 Å². The number of rotatable bonds is 5. The van der Waals surface area contributed by atoms with Gasteiger partial charge in [0.15, 0.2) is 0 Å². The van der Waals surface area contributed by atoms with Crippen LogP contribution in [0, 0.1) is 10.1 Å². The number of ether oxygens (including phenoxy) is 1. The Bertz CT molecular complexity index is 837. The summed E-state index contributed by atoms with van der Waals surface area (Å²) >= 11 is 5.90. The van der Waals surface area contributed by atoms with E-state index in [1.165, 1.54) is 31.4 Å². The van der Waals surface area contributed by atoms with E-state index in [0.29, 0.717) is 0 Å². The summed E-state index contributed by atoms with van der Waals surface area (Å²) in [6, 6.07) is 7.38. The van der Waals surface area contributed by atoms with Gasteiger partial charge in [0.1, 0.15) is 5.75 Å². The number of carbonyl (C=O) groups is 2. The molecule has 0 radical (unpaired) electrons. The molecule has 2 aromatic rings. The number of benzene rings is 2. The van der Waals surface area contributed by atoms with Gasteiger partial charge in [-0.1, -0.05) is 11.6 Å². The fourth-order valence-electron chi connectivity index (χ4n) is 1.93. The van der Waals surface area contributed by atoms with Crippen LogP contribution in [0.4, 0.5) is 11.4 Å². The molecule has 1 amide bonds. The number of hydrogen-bond donors (Lipinski definition) is 2. The van der Waals surface area contributed by atoms with Gasteiger partial charge in [0.2, 0.25) is 0 Å². The highest BCUT2D eigenvalue weighted by molar-refractivity contribution is 6.34. The smallest absolute Gasteiger partial charge is 0.335 e. The van der Waals surface area contributed by atoms with Crippen LogP contribution < -0.4 is 10.1 Å². The molecule has 0 bridgehead atoms. The molecule has 8 nitrogen and oxygen atoms in total. The second kappa shape index (κ2) is 6.97. The summed E-state index contributed by atoms with van der Waals surface area (Å²) in [5.74, 6) is -1.57. The van der Waals surface area contributed by atoms with Crippen molar-refractivity contribution in [1.82, 2.24) is 0 Å². The molecule has 0 saturated heterocycles. The molecule has 0 heterocycles. The normalized spacial score (nSPS) is 10.1. The maximum atomic E-state index is 12.3. The molecule has 0 aliphatic carbocycles. The highest BCUT2D eigenvalue weighted by Gasteiger charge is 2.17. The molecule has 0 aliphatic heterocycles. The third-order valence-electron chi connectivity index (χ3n) is 3.10. The predicted molar refractivity (Wildman–Crippen MR) is 86.0 cm³/mol. The van der Waals surface area contributed by atoms with Crippen molar-refractivity contribution >= 4 is 34.9 Å². The summed E-state index contributed by atoms with van der Waals surface area (Å²) in [6.07, 6.45) is 0. The molecule has 24 heavy (non-hydrogen) atoms. The summed E-state index contributed by atoms with van der Waals surface area (Å²) in [5, 5.41) is 22.1. The van der Waals surface area contributed by atoms with Gasteiger partial charge in [-0.15, -0.1) is 0 Å². The van der Waals surface area contributed by atoms with Gasteiger partial charge < -0.3 is 15.2 Å². The molecule has 0 fully saturated rings. The van der Waals surface area contributed by atoms with Crippen molar-refractivity contribution in [3.63, 3.8) is 0 Å². The standard InChI is InChI=1S/C15H11ClN2O6/c1-24-13-5-2-8(15(20)21)6-12(13)17-14(19)10-4-3-9(18(22)23)7-11(10)16/h2-7H,1H3,(H,17,19)(H,20,21). The number of hydrogen-bond acceptors (Lipinski definition) is 5. The molecule has 0 saturated carbocycles. The van der Waals surface area contributed by atoms with Crippen molar-refractivity contribution in [2.45, 2.75) is 0 Å². The molecule has 0 spiro atoms. The number of anilines is 1. The predicted octanol–water partition coefficient (Wildman–Crippen LogP) is 3.21. The van der Waals surface area contributed by atoms with Crippen LogP contribution in [0.1, 0.15) is 20.7 Å². The summed E-state index contributed by atoms with van der Waals surface area (Å²) in [5.41, 5.74) is -0.148. The van der Waals surface area contributed by atoms with E-state index in [2.05, 4.69) is 5.32 Å². The summed E-state index contributed by atoms with van der Waals surface area (Å²) in [6.45, 7) is 0. The van der Waals surface area contributed by atoms with Crippen molar-refractivity contribution in [1.29, 1.82) is 0 Å². The van der Waals surface area contributed by atoms with Crippen LogP contribution in [0.3, 0.4) is 0 Å². The Hall–Kier alpha value is -3.13. The Morgan fingerprint density at radius 2 is 1.96 bits per heavy atom. The number of methoxy groups -OCH3 is 1. The van der Waals surface area contributed by atoms with Crippen molar-refractivity contribution in [3.8, 4) is 5.75 Å². The SMILES string of the molecule is COc1ccc(C(=O)O)cc1NC(=O)c1ccc([N+](=O)[O-])cc1Cl. The Labute approximate surface area is 140 Å². The van der Waals surface area contributed by atoms with Gasteiger partial charge in [0.05, 0.1) is 33.9 Å². The summed E-state index contributed by atoms with van der Waals surface area (Å²) in [4.78, 5) is 33.4. The molecule has 2 N–H and O–H groups in total. The first-order valence-corrected chi connectivity index (χ1v) is 6.88. The number of nitro benzene ring substituents is 1. The maximum absolute atomic E-state index is 12.3. The molecule has 0 aliphatic rings. The largest absolute Gasteiger partial charge is 0.495 e. The van der Waals surface area contributed by atoms with Crippen LogP contribution in [0.2, 0.25) is 5.02 Å². The minimum absolute atomic E-state index is 0.00467. The maximum Gasteiger partial charge on any atom is 0.335 e. The average molecular weight is 351 g/mol. The van der Waals surface area contributed by atoms with Gasteiger partial charge >= 0.3 is 5.97 Å². The van der Waals surface area contributed by atoms with E-state index in [1.807, 2.05) is 0 Å². The van der Waals surface area contributed by atoms with Crippen molar-refractivity contribution in [2.24, 2.45) is 0 Å². The van der Waals surface area contributed by atoms with Crippen LogP contribution in [0.25, 0.3) is 0 Å². The highest BCUT2D eigenvalue weighted by atomic mass is 35.5. The van der Waals surface area contributed by atoms with E-state index >= 15 is 0 Å². The number of halogens is 1. The lowest BCUT2D eigenvalue weighted by Gasteiger charge is -2.11. The zero-order chi connectivity index (χ0) is 17.9. The number of non-ortho nitro benzene ring substituents is 1. The van der Waals surface area contributed by atoms with Crippen LogP contribution >= 0.6 is 11.6 Å². The molecule has 0 atom stereocenters. The van der Waals surface area contributed by atoms with Crippen molar-refractivity contribution in [2.75, 3.05) is 12.4 Å². The topological polar surface area (TPSA) is 119 Å². The van der Waals surface area contributed by atoms with Crippen LogP contribution in [0.15, 0.2) is 36.4 Å². The Morgan fingerprint density at radius 1 is 1.25 bits per heavy atom. The molecule has 2 rings (SSSR count). The fraction of sp³-hybridized carbons (Fsp3) is 0.0667. The zero-order valence-corrected chi connectivity index (χ0v) is 13.0. The second-order valence-electron chi connectivity index (χ2n) is 4.60. The van der Waals surface area contributed by atoms with Gasteiger partial charge in [0, 0.05) is 12.1 Å². The van der Waals surface area contributed by atoms with Crippen molar-refractivity contribution in [3.05, 3.63) is 62.7 Å².